The van der Waals surface area contributed by atoms with Crippen molar-refractivity contribution >= 4 is 10.0 Å². The quantitative estimate of drug-likeness (QED) is 0.867. The van der Waals surface area contributed by atoms with E-state index in [2.05, 4.69) is 18.8 Å². The van der Waals surface area contributed by atoms with Crippen molar-refractivity contribution in [1.82, 2.24) is 4.31 Å². The van der Waals surface area contributed by atoms with Gasteiger partial charge in [-0.3, -0.25) is 0 Å². The molecular formula is C16H21NO3S. The number of benzene rings is 1. The predicted molar refractivity (Wildman–Crippen MR) is 82.2 cm³/mol. The molecule has 1 aromatic rings. The SMILES string of the molecule is CCC1CCN(S(=O)(=O)c2ccc(C#CCO)cc2)CC1. The molecule has 1 saturated heterocycles. The number of rotatable bonds is 3. The molecule has 1 N–H and O–H groups in total. The van der Waals surface area contributed by atoms with Crippen LogP contribution in [0.4, 0.5) is 0 Å². The van der Waals surface area contributed by atoms with Crippen LogP contribution in [0.2, 0.25) is 0 Å². The number of hydrogen-bond acceptors (Lipinski definition) is 3. The Morgan fingerprint density at radius 2 is 1.86 bits per heavy atom. The van der Waals surface area contributed by atoms with E-state index in [1.807, 2.05) is 0 Å². The molecular weight excluding hydrogens is 286 g/mol. The number of aliphatic hydroxyl groups excluding tert-OH is 1. The van der Waals surface area contributed by atoms with Crippen molar-refractivity contribution in [1.29, 1.82) is 0 Å². The fourth-order valence-electron chi connectivity index (χ4n) is 2.56. The molecule has 0 radical (unpaired) electrons. The Morgan fingerprint density at radius 1 is 1.24 bits per heavy atom. The van der Waals surface area contributed by atoms with Gasteiger partial charge in [0.05, 0.1) is 4.90 Å². The molecule has 0 unspecified atom stereocenters. The van der Waals surface area contributed by atoms with E-state index >= 15 is 0 Å². The number of hydrogen-bond donors (Lipinski definition) is 1. The van der Waals surface area contributed by atoms with Gasteiger partial charge in [0.2, 0.25) is 10.0 Å². The van der Waals surface area contributed by atoms with Gasteiger partial charge in [0.15, 0.2) is 0 Å². The number of aliphatic hydroxyl groups is 1. The fraction of sp³-hybridized carbons (Fsp3) is 0.500. The van der Waals surface area contributed by atoms with Gasteiger partial charge in [-0.2, -0.15) is 4.31 Å². The molecule has 0 atom stereocenters. The van der Waals surface area contributed by atoms with Crippen molar-refractivity contribution in [3.8, 4) is 11.8 Å². The first-order chi connectivity index (χ1) is 10.1. The van der Waals surface area contributed by atoms with Crippen LogP contribution in [0.3, 0.4) is 0 Å². The van der Waals surface area contributed by atoms with E-state index in [9.17, 15) is 8.42 Å². The van der Waals surface area contributed by atoms with Crippen molar-refractivity contribution < 1.29 is 13.5 Å². The summed E-state index contributed by atoms with van der Waals surface area (Å²) < 4.78 is 26.7. The molecule has 1 heterocycles. The lowest BCUT2D eigenvalue weighted by atomic mass is 9.96. The van der Waals surface area contributed by atoms with Crippen LogP contribution in [0.25, 0.3) is 0 Å². The van der Waals surface area contributed by atoms with Crippen LogP contribution in [0, 0.1) is 17.8 Å². The van der Waals surface area contributed by atoms with E-state index in [0.717, 1.165) is 19.3 Å². The van der Waals surface area contributed by atoms with Crippen LogP contribution in [0.5, 0.6) is 0 Å². The predicted octanol–water partition coefficient (Wildman–Crippen LogP) is 1.84. The molecule has 2 rings (SSSR count). The molecule has 0 spiro atoms. The minimum atomic E-state index is -3.40. The monoisotopic (exact) mass is 307 g/mol. The smallest absolute Gasteiger partial charge is 0.243 e. The van der Waals surface area contributed by atoms with E-state index in [0.29, 0.717) is 29.5 Å². The van der Waals surface area contributed by atoms with Crippen molar-refractivity contribution in [2.24, 2.45) is 5.92 Å². The highest BCUT2D eigenvalue weighted by Crippen LogP contribution is 2.25. The van der Waals surface area contributed by atoms with Crippen molar-refractivity contribution in [3.05, 3.63) is 29.8 Å². The Morgan fingerprint density at radius 3 is 2.38 bits per heavy atom. The third-order valence-electron chi connectivity index (χ3n) is 3.95. The second-order valence-corrected chi connectivity index (χ2v) is 7.18. The summed E-state index contributed by atoms with van der Waals surface area (Å²) in [7, 11) is -3.40. The Labute approximate surface area is 126 Å². The molecule has 1 aromatic carbocycles. The lowest BCUT2D eigenvalue weighted by molar-refractivity contribution is 0.269. The van der Waals surface area contributed by atoms with E-state index in [-0.39, 0.29) is 6.61 Å². The largest absolute Gasteiger partial charge is 0.384 e. The van der Waals surface area contributed by atoms with Crippen LogP contribution in [0.1, 0.15) is 31.7 Å². The first kappa shape index (κ1) is 16.0. The van der Waals surface area contributed by atoms with Crippen molar-refractivity contribution in [3.63, 3.8) is 0 Å². The number of sulfonamides is 1. The number of piperidine rings is 1. The van der Waals surface area contributed by atoms with Crippen LogP contribution in [-0.2, 0) is 10.0 Å². The first-order valence-corrected chi connectivity index (χ1v) is 8.72. The van der Waals surface area contributed by atoms with Gasteiger partial charge in [-0.15, -0.1) is 0 Å². The third kappa shape index (κ3) is 3.85. The molecule has 0 saturated carbocycles. The molecule has 0 bridgehead atoms. The molecule has 1 aliphatic rings. The molecule has 0 aliphatic carbocycles. The van der Waals surface area contributed by atoms with Crippen LogP contribution >= 0.6 is 0 Å². The fourth-order valence-corrected chi connectivity index (χ4v) is 4.03. The molecule has 1 aliphatic heterocycles. The summed E-state index contributed by atoms with van der Waals surface area (Å²) in [6.45, 7) is 3.16. The van der Waals surface area contributed by atoms with Gasteiger partial charge in [-0.25, -0.2) is 8.42 Å². The zero-order valence-corrected chi connectivity index (χ0v) is 13.1. The first-order valence-electron chi connectivity index (χ1n) is 7.28. The van der Waals surface area contributed by atoms with Gasteiger partial charge in [-0.05, 0) is 43.0 Å². The zero-order chi connectivity index (χ0) is 15.3. The van der Waals surface area contributed by atoms with E-state index in [4.69, 9.17) is 5.11 Å². The molecule has 114 valence electrons. The van der Waals surface area contributed by atoms with Crippen LogP contribution in [0.15, 0.2) is 29.2 Å². The topological polar surface area (TPSA) is 57.6 Å². The van der Waals surface area contributed by atoms with Gasteiger partial charge in [0.1, 0.15) is 6.61 Å². The van der Waals surface area contributed by atoms with Crippen LogP contribution < -0.4 is 0 Å². The zero-order valence-electron chi connectivity index (χ0n) is 12.2. The van der Waals surface area contributed by atoms with E-state index in [1.54, 1.807) is 28.6 Å². The standard InChI is InChI=1S/C16H21NO3S/c1-2-14-9-11-17(12-10-14)21(19,20)16-7-5-15(6-8-16)4-3-13-18/h5-8,14,18H,2,9-13H2,1H3. The molecule has 4 nitrogen and oxygen atoms in total. The molecule has 0 aromatic heterocycles. The summed E-state index contributed by atoms with van der Waals surface area (Å²) in [5, 5.41) is 8.65. The highest BCUT2D eigenvalue weighted by atomic mass is 32.2. The minimum Gasteiger partial charge on any atom is -0.384 e. The van der Waals surface area contributed by atoms with Gasteiger partial charge in [0, 0.05) is 18.7 Å². The normalized spacial score (nSPS) is 17.2. The Bertz CT molecular complexity index is 618. The molecule has 21 heavy (non-hydrogen) atoms. The van der Waals surface area contributed by atoms with Gasteiger partial charge in [-0.1, -0.05) is 25.2 Å². The second-order valence-electron chi connectivity index (χ2n) is 5.24. The Kier molecular flexibility index (Phi) is 5.40. The Hall–Kier alpha value is -1.35. The highest BCUT2D eigenvalue weighted by molar-refractivity contribution is 7.89. The average Bonchev–Trinajstić information content (AvgIpc) is 2.53. The van der Waals surface area contributed by atoms with Gasteiger partial charge >= 0.3 is 0 Å². The second kappa shape index (κ2) is 7.08. The summed E-state index contributed by atoms with van der Waals surface area (Å²) in [6, 6.07) is 6.52. The summed E-state index contributed by atoms with van der Waals surface area (Å²) in [4.78, 5) is 0.312. The van der Waals surface area contributed by atoms with E-state index in [1.165, 1.54) is 0 Å². The molecule has 0 amide bonds. The summed E-state index contributed by atoms with van der Waals surface area (Å²) in [6.07, 6.45) is 3.00. The third-order valence-corrected chi connectivity index (χ3v) is 5.87. The number of nitrogens with zero attached hydrogens (tertiary/aromatic N) is 1. The maximum absolute atomic E-state index is 12.6. The maximum Gasteiger partial charge on any atom is 0.243 e. The molecule has 5 heteroatoms. The minimum absolute atomic E-state index is 0.202. The van der Waals surface area contributed by atoms with Crippen LogP contribution in [-0.4, -0.2) is 37.5 Å². The lowest BCUT2D eigenvalue weighted by Gasteiger charge is -2.30. The summed E-state index contributed by atoms with van der Waals surface area (Å²) in [5.41, 5.74) is 0.702. The maximum atomic E-state index is 12.6. The Balaban J connectivity index is 2.13. The molecule has 1 fully saturated rings. The van der Waals surface area contributed by atoms with Crippen molar-refractivity contribution in [2.75, 3.05) is 19.7 Å². The van der Waals surface area contributed by atoms with E-state index < -0.39 is 10.0 Å². The van der Waals surface area contributed by atoms with Gasteiger partial charge in [0.25, 0.3) is 0 Å². The summed E-state index contributed by atoms with van der Waals surface area (Å²) in [5.74, 6) is 5.95. The summed E-state index contributed by atoms with van der Waals surface area (Å²) >= 11 is 0. The lowest BCUT2D eigenvalue weighted by Crippen LogP contribution is -2.38. The average molecular weight is 307 g/mol. The highest BCUT2D eigenvalue weighted by Gasteiger charge is 2.28. The van der Waals surface area contributed by atoms with Gasteiger partial charge < -0.3 is 5.11 Å². The van der Waals surface area contributed by atoms with Crippen molar-refractivity contribution in [2.45, 2.75) is 31.1 Å².